The van der Waals surface area contributed by atoms with Crippen molar-refractivity contribution in [1.29, 1.82) is 0 Å². The number of amides is 2. The molecule has 2 amide bonds. The highest BCUT2D eigenvalue weighted by molar-refractivity contribution is 5.88. The van der Waals surface area contributed by atoms with Gasteiger partial charge in [0.1, 0.15) is 5.82 Å². The molecule has 1 atom stereocenters. The monoisotopic (exact) mass is 240 g/mol. The van der Waals surface area contributed by atoms with E-state index in [2.05, 4.69) is 15.7 Å². The van der Waals surface area contributed by atoms with Crippen LogP contribution in [0.1, 0.15) is 19.0 Å². The van der Waals surface area contributed by atoms with Gasteiger partial charge in [0.15, 0.2) is 0 Å². The summed E-state index contributed by atoms with van der Waals surface area (Å²) < 4.78 is 1.62. The predicted molar refractivity (Wildman–Crippen MR) is 65.8 cm³/mol. The maximum atomic E-state index is 11.6. The molecule has 0 saturated heterocycles. The van der Waals surface area contributed by atoms with Crippen molar-refractivity contribution in [3.05, 3.63) is 11.8 Å². The third kappa shape index (κ3) is 4.44. The Balaban J connectivity index is 2.37. The SMILES string of the molecule is Cc1cc(NC(=O)NCC(C)CCO)n(C)n1. The Labute approximate surface area is 101 Å². The molecule has 0 aliphatic heterocycles. The number of hydrogen-bond donors (Lipinski definition) is 3. The summed E-state index contributed by atoms with van der Waals surface area (Å²) in [4.78, 5) is 11.6. The molecule has 1 unspecified atom stereocenters. The van der Waals surface area contributed by atoms with Gasteiger partial charge < -0.3 is 10.4 Å². The molecule has 6 heteroatoms. The lowest BCUT2D eigenvalue weighted by molar-refractivity contribution is 0.243. The van der Waals surface area contributed by atoms with Crippen molar-refractivity contribution in [2.45, 2.75) is 20.3 Å². The molecule has 0 radical (unpaired) electrons. The van der Waals surface area contributed by atoms with Crippen LogP contribution in [0, 0.1) is 12.8 Å². The lowest BCUT2D eigenvalue weighted by Gasteiger charge is -2.11. The van der Waals surface area contributed by atoms with E-state index in [0.29, 0.717) is 18.8 Å². The topological polar surface area (TPSA) is 79.2 Å². The molecule has 96 valence electrons. The average molecular weight is 240 g/mol. The third-order valence-electron chi connectivity index (χ3n) is 2.48. The van der Waals surface area contributed by atoms with E-state index < -0.39 is 0 Å². The maximum absolute atomic E-state index is 11.6. The van der Waals surface area contributed by atoms with Gasteiger partial charge in [-0.05, 0) is 19.3 Å². The Morgan fingerprint density at radius 3 is 2.88 bits per heavy atom. The lowest BCUT2D eigenvalue weighted by Crippen LogP contribution is -2.33. The van der Waals surface area contributed by atoms with Crippen LogP contribution < -0.4 is 10.6 Å². The van der Waals surface area contributed by atoms with Crippen LogP contribution in [-0.2, 0) is 7.05 Å². The summed E-state index contributed by atoms with van der Waals surface area (Å²) in [6, 6.07) is 1.55. The Morgan fingerprint density at radius 2 is 2.35 bits per heavy atom. The number of aliphatic hydroxyl groups excluding tert-OH is 1. The molecule has 1 rings (SSSR count). The summed E-state index contributed by atoms with van der Waals surface area (Å²) in [5.74, 6) is 0.925. The molecule has 0 fully saturated rings. The molecule has 3 N–H and O–H groups in total. The fourth-order valence-electron chi connectivity index (χ4n) is 1.48. The fourth-order valence-corrected chi connectivity index (χ4v) is 1.48. The van der Waals surface area contributed by atoms with Crippen LogP contribution in [0.2, 0.25) is 0 Å². The van der Waals surface area contributed by atoms with E-state index in [1.165, 1.54) is 0 Å². The normalized spacial score (nSPS) is 12.2. The molecule has 0 saturated carbocycles. The minimum Gasteiger partial charge on any atom is -0.396 e. The summed E-state index contributed by atoms with van der Waals surface area (Å²) in [6.07, 6.45) is 0.686. The van der Waals surface area contributed by atoms with Gasteiger partial charge in [-0.1, -0.05) is 6.92 Å². The van der Waals surface area contributed by atoms with E-state index in [1.54, 1.807) is 17.8 Å². The minimum absolute atomic E-state index is 0.144. The van der Waals surface area contributed by atoms with E-state index in [1.807, 2.05) is 13.8 Å². The van der Waals surface area contributed by atoms with Gasteiger partial charge in [0.05, 0.1) is 5.69 Å². The van der Waals surface area contributed by atoms with Crippen molar-refractivity contribution in [2.24, 2.45) is 13.0 Å². The van der Waals surface area contributed by atoms with Crippen molar-refractivity contribution in [3.8, 4) is 0 Å². The number of aliphatic hydroxyl groups is 1. The number of carbonyl (C=O) groups excluding carboxylic acids is 1. The summed E-state index contributed by atoms with van der Waals surface area (Å²) in [7, 11) is 1.77. The van der Waals surface area contributed by atoms with Crippen molar-refractivity contribution in [2.75, 3.05) is 18.5 Å². The molecular formula is C11H20N4O2. The number of rotatable bonds is 5. The van der Waals surface area contributed by atoms with Gasteiger partial charge in [-0.3, -0.25) is 10.00 Å². The van der Waals surface area contributed by atoms with Crippen LogP contribution in [0.15, 0.2) is 6.07 Å². The molecule has 0 aromatic carbocycles. The molecule has 17 heavy (non-hydrogen) atoms. The first-order valence-electron chi connectivity index (χ1n) is 5.69. The summed E-state index contributed by atoms with van der Waals surface area (Å²) >= 11 is 0. The summed E-state index contributed by atoms with van der Waals surface area (Å²) in [6.45, 7) is 4.53. The molecule has 0 bridgehead atoms. The van der Waals surface area contributed by atoms with Gasteiger partial charge in [-0.25, -0.2) is 4.79 Å². The van der Waals surface area contributed by atoms with Crippen LogP contribution in [0.4, 0.5) is 10.6 Å². The predicted octanol–water partition coefficient (Wildman–Crippen LogP) is 0.869. The Bertz CT molecular complexity index is 376. The van der Waals surface area contributed by atoms with Crippen LogP contribution in [0.3, 0.4) is 0 Å². The number of anilines is 1. The van der Waals surface area contributed by atoms with Crippen molar-refractivity contribution in [1.82, 2.24) is 15.1 Å². The smallest absolute Gasteiger partial charge is 0.320 e. The molecule has 6 nitrogen and oxygen atoms in total. The zero-order valence-corrected chi connectivity index (χ0v) is 10.5. The second-order valence-electron chi connectivity index (χ2n) is 4.25. The van der Waals surface area contributed by atoms with Gasteiger partial charge in [0.2, 0.25) is 0 Å². The van der Waals surface area contributed by atoms with Crippen LogP contribution in [-0.4, -0.2) is 34.1 Å². The number of nitrogens with one attached hydrogen (secondary N) is 2. The molecule has 1 heterocycles. The Morgan fingerprint density at radius 1 is 1.65 bits per heavy atom. The molecule has 0 aliphatic rings. The number of urea groups is 1. The van der Waals surface area contributed by atoms with E-state index in [9.17, 15) is 4.79 Å². The average Bonchev–Trinajstić information content (AvgIpc) is 2.55. The second-order valence-corrected chi connectivity index (χ2v) is 4.25. The quantitative estimate of drug-likeness (QED) is 0.714. The number of aromatic nitrogens is 2. The molecule has 1 aromatic rings. The highest BCUT2D eigenvalue weighted by Gasteiger charge is 2.08. The van der Waals surface area contributed by atoms with E-state index in [4.69, 9.17) is 5.11 Å². The minimum atomic E-state index is -0.252. The summed E-state index contributed by atoms with van der Waals surface area (Å²) in [5.41, 5.74) is 0.858. The highest BCUT2D eigenvalue weighted by Crippen LogP contribution is 2.07. The maximum Gasteiger partial charge on any atom is 0.320 e. The number of nitrogens with zero attached hydrogens (tertiary/aromatic N) is 2. The van der Waals surface area contributed by atoms with Crippen molar-refractivity contribution < 1.29 is 9.90 Å². The molecule has 1 aromatic heterocycles. The summed E-state index contributed by atoms with van der Waals surface area (Å²) in [5, 5.41) is 18.3. The lowest BCUT2D eigenvalue weighted by atomic mass is 10.1. The standard InChI is InChI=1S/C11H20N4O2/c1-8(4-5-16)7-12-11(17)13-10-6-9(2)14-15(10)3/h6,8,16H,4-5,7H2,1-3H3,(H2,12,13,17). The zero-order valence-electron chi connectivity index (χ0n) is 10.5. The van der Waals surface area contributed by atoms with Crippen LogP contribution in [0.25, 0.3) is 0 Å². The van der Waals surface area contributed by atoms with Crippen molar-refractivity contribution >= 4 is 11.8 Å². The van der Waals surface area contributed by atoms with E-state index in [0.717, 1.165) is 5.69 Å². The Kier molecular flexibility index (Phi) is 4.96. The van der Waals surface area contributed by atoms with Gasteiger partial charge >= 0.3 is 6.03 Å². The first-order chi connectivity index (χ1) is 8.02. The van der Waals surface area contributed by atoms with Crippen molar-refractivity contribution in [3.63, 3.8) is 0 Å². The Hall–Kier alpha value is -1.56. The highest BCUT2D eigenvalue weighted by atomic mass is 16.3. The largest absolute Gasteiger partial charge is 0.396 e. The fraction of sp³-hybridized carbons (Fsp3) is 0.636. The van der Waals surface area contributed by atoms with E-state index in [-0.39, 0.29) is 18.6 Å². The van der Waals surface area contributed by atoms with E-state index >= 15 is 0 Å². The first kappa shape index (κ1) is 13.5. The van der Waals surface area contributed by atoms with Gasteiger partial charge in [0, 0.05) is 26.3 Å². The van der Waals surface area contributed by atoms with Crippen LogP contribution in [0.5, 0.6) is 0 Å². The number of aryl methyl sites for hydroxylation is 2. The van der Waals surface area contributed by atoms with Gasteiger partial charge in [-0.2, -0.15) is 5.10 Å². The van der Waals surface area contributed by atoms with Gasteiger partial charge in [0.25, 0.3) is 0 Å². The first-order valence-corrected chi connectivity index (χ1v) is 5.69. The number of carbonyl (C=O) groups is 1. The van der Waals surface area contributed by atoms with Crippen LogP contribution >= 0.6 is 0 Å². The second kappa shape index (κ2) is 6.24. The molecule has 0 spiro atoms. The molecular weight excluding hydrogens is 220 g/mol. The van der Waals surface area contributed by atoms with Gasteiger partial charge in [-0.15, -0.1) is 0 Å². The number of hydrogen-bond acceptors (Lipinski definition) is 3. The third-order valence-corrected chi connectivity index (χ3v) is 2.48. The molecule has 0 aliphatic carbocycles. The zero-order chi connectivity index (χ0) is 12.8.